The molecule has 6 nitrogen and oxygen atoms in total. The lowest BCUT2D eigenvalue weighted by Gasteiger charge is -2.31. The zero-order valence-electron chi connectivity index (χ0n) is 12.1. The van der Waals surface area contributed by atoms with E-state index in [1.54, 1.807) is 11.9 Å². The van der Waals surface area contributed by atoms with Gasteiger partial charge in [-0.15, -0.1) is 11.8 Å². The van der Waals surface area contributed by atoms with Crippen LogP contribution < -0.4 is 0 Å². The molecule has 0 bridgehead atoms. The number of carboxylic acid groups (broad SMARTS) is 1. The van der Waals surface area contributed by atoms with Gasteiger partial charge in [-0.25, -0.2) is 9.59 Å². The van der Waals surface area contributed by atoms with Crippen molar-refractivity contribution in [1.82, 2.24) is 9.80 Å². The topological polar surface area (TPSA) is 81.1 Å². The van der Waals surface area contributed by atoms with Crippen LogP contribution in [0.4, 0.5) is 4.79 Å². The number of hydrogen-bond donors (Lipinski definition) is 2. The maximum Gasteiger partial charge on any atom is 0.327 e. The van der Waals surface area contributed by atoms with E-state index in [-0.39, 0.29) is 18.0 Å². The van der Waals surface area contributed by atoms with Crippen LogP contribution in [-0.4, -0.2) is 69.4 Å². The SMILES string of the molecule is CCC1SCC(C(=O)O)N1C(=O)N(C)CCCCCO. The Morgan fingerprint density at radius 1 is 1.35 bits per heavy atom. The minimum atomic E-state index is -0.935. The van der Waals surface area contributed by atoms with E-state index in [0.717, 1.165) is 25.7 Å². The number of amides is 2. The summed E-state index contributed by atoms with van der Waals surface area (Å²) in [6, 6.07) is -0.935. The number of carbonyl (C=O) groups excluding carboxylic acids is 1. The molecule has 20 heavy (non-hydrogen) atoms. The van der Waals surface area contributed by atoms with E-state index in [2.05, 4.69) is 0 Å². The van der Waals surface area contributed by atoms with Gasteiger partial charge in [-0.05, 0) is 25.7 Å². The predicted molar refractivity (Wildman–Crippen MR) is 78.8 cm³/mol. The van der Waals surface area contributed by atoms with Crippen molar-refractivity contribution in [2.45, 2.75) is 44.0 Å². The summed E-state index contributed by atoms with van der Waals surface area (Å²) in [6.07, 6.45) is 3.16. The highest BCUT2D eigenvalue weighted by molar-refractivity contribution is 8.00. The number of rotatable bonds is 7. The molecule has 2 N–H and O–H groups in total. The Kier molecular flexibility index (Phi) is 7.15. The number of thioether (sulfide) groups is 1. The Bertz CT molecular complexity index is 340. The van der Waals surface area contributed by atoms with Gasteiger partial charge in [-0.1, -0.05) is 6.92 Å². The first-order chi connectivity index (χ1) is 9.52. The zero-order valence-corrected chi connectivity index (χ0v) is 12.9. The third-order valence-electron chi connectivity index (χ3n) is 3.43. The molecular weight excluding hydrogens is 280 g/mol. The molecule has 0 aliphatic carbocycles. The highest BCUT2D eigenvalue weighted by Crippen LogP contribution is 2.32. The Morgan fingerprint density at radius 3 is 2.60 bits per heavy atom. The van der Waals surface area contributed by atoms with Crippen LogP contribution in [-0.2, 0) is 4.79 Å². The van der Waals surface area contributed by atoms with Crippen LogP contribution in [0.1, 0.15) is 32.6 Å². The first kappa shape index (κ1) is 17.1. The average Bonchev–Trinajstić information content (AvgIpc) is 2.86. The van der Waals surface area contributed by atoms with Gasteiger partial charge in [-0.2, -0.15) is 0 Å². The molecule has 116 valence electrons. The molecule has 0 aromatic rings. The van der Waals surface area contributed by atoms with Gasteiger partial charge in [0.15, 0.2) is 0 Å². The summed E-state index contributed by atoms with van der Waals surface area (Å²) in [4.78, 5) is 26.7. The third-order valence-corrected chi connectivity index (χ3v) is 4.88. The molecule has 1 saturated heterocycles. The summed E-state index contributed by atoms with van der Waals surface area (Å²) in [5, 5.41) is 17.9. The van der Waals surface area contributed by atoms with Crippen LogP contribution in [0.5, 0.6) is 0 Å². The van der Waals surface area contributed by atoms with Crippen molar-refractivity contribution in [2.75, 3.05) is 26.0 Å². The van der Waals surface area contributed by atoms with Gasteiger partial charge in [0.1, 0.15) is 6.04 Å². The fourth-order valence-electron chi connectivity index (χ4n) is 2.26. The Morgan fingerprint density at radius 2 is 2.05 bits per heavy atom. The number of carboxylic acids is 1. The van der Waals surface area contributed by atoms with E-state index in [1.807, 2.05) is 6.92 Å². The van der Waals surface area contributed by atoms with E-state index in [4.69, 9.17) is 5.11 Å². The van der Waals surface area contributed by atoms with Gasteiger partial charge < -0.3 is 15.1 Å². The van der Waals surface area contributed by atoms with Crippen LogP contribution in [0.2, 0.25) is 0 Å². The summed E-state index contributed by atoms with van der Waals surface area (Å²) in [5.41, 5.74) is 0. The quantitative estimate of drug-likeness (QED) is 0.696. The second-order valence-electron chi connectivity index (χ2n) is 4.95. The van der Waals surface area contributed by atoms with Gasteiger partial charge in [0.2, 0.25) is 0 Å². The predicted octanol–water partition coefficient (Wildman–Crippen LogP) is 1.44. The lowest BCUT2D eigenvalue weighted by atomic mass is 10.2. The van der Waals surface area contributed by atoms with Crippen molar-refractivity contribution in [1.29, 1.82) is 0 Å². The standard InChI is InChI=1S/C13H24N2O4S/c1-3-11-15(10(9-20-11)12(17)18)13(19)14(2)7-5-4-6-8-16/h10-11,16H,3-9H2,1-2H3,(H,17,18). The van der Waals surface area contributed by atoms with Crippen LogP contribution in [0.15, 0.2) is 0 Å². The number of aliphatic carboxylic acids is 1. The maximum atomic E-state index is 12.4. The highest BCUT2D eigenvalue weighted by Gasteiger charge is 2.41. The molecule has 7 heteroatoms. The molecule has 0 radical (unpaired) electrons. The fraction of sp³-hybridized carbons (Fsp3) is 0.846. The molecule has 1 fully saturated rings. The molecule has 0 aromatic carbocycles. The van der Waals surface area contributed by atoms with Crippen LogP contribution in [0.3, 0.4) is 0 Å². The number of hydrogen-bond acceptors (Lipinski definition) is 4. The van der Waals surface area contributed by atoms with Crippen LogP contribution in [0, 0.1) is 0 Å². The summed E-state index contributed by atoms with van der Waals surface area (Å²) >= 11 is 1.53. The first-order valence-electron chi connectivity index (χ1n) is 7.01. The second-order valence-corrected chi connectivity index (χ2v) is 6.16. The second kappa shape index (κ2) is 8.36. The number of urea groups is 1. The normalized spacial score (nSPS) is 22.1. The average molecular weight is 304 g/mol. The minimum Gasteiger partial charge on any atom is -0.480 e. The number of aliphatic hydroxyl groups is 1. The molecule has 1 heterocycles. The van der Waals surface area contributed by atoms with Gasteiger partial charge in [0.25, 0.3) is 0 Å². The third kappa shape index (κ3) is 4.28. The van der Waals surface area contributed by atoms with Crippen molar-refractivity contribution >= 4 is 23.8 Å². The summed E-state index contributed by atoms with van der Waals surface area (Å²) in [7, 11) is 1.70. The van der Waals surface area contributed by atoms with E-state index < -0.39 is 12.0 Å². The molecular formula is C13H24N2O4S. The number of aliphatic hydroxyl groups excluding tert-OH is 1. The number of nitrogens with zero attached hydrogens (tertiary/aromatic N) is 2. The highest BCUT2D eigenvalue weighted by atomic mass is 32.2. The molecule has 1 rings (SSSR count). The maximum absolute atomic E-state index is 12.4. The zero-order chi connectivity index (χ0) is 15.1. The molecule has 2 unspecified atom stereocenters. The summed E-state index contributed by atoms with van der Waals surface area (Å²) < 4.78 is 0. The van der Waals surface area contributed by atoms with Gasteiger partial charge in [0.05, 0.1) is 5.37 Å². The Hall–Kier alpha value is -0.950. The van der Waals surface area contributed by atoms with Gasteiger partial charge in [-0.3, -0.25) is 4.90 Å². The number of carbonyl (C=O) groups is 2. The molecule has 1 aliphatic rings. The lowest BCUT2D eigenvalue weighted by Crippen LogP contribution is -2.50. The molecule has 0 saturated carbocycles. The number of unbranched alkanes of at least 4 members (excludes halogenated alkanes) is 2. The molecule has 0 spiro atoms. The van der Waals surface area contributed by atoms with Crippen molar-refractivity contribution < 1.29 is 19.8 Å². The van der Waals surface area contributed by atoms with Gasteiger partial charge in [0, 0.05) is 26.0 Å². The molecule has 0 aromatic heterocycles. The Labute approximate surface area is 124 Å². The van der Waals surface area contributed by atoms with E-state index >= 15 is 0 Å². The summed E-state index contributed by atoms with van der Waals surface area (Å²) in [5.74, 6) is -0.478. The first-order valence-corrected chi connectivity index (χ1v) is 8.06. The minimum absolute atomic E-state index is 0.0523. The molecule has 1 aliphatic heterocycles. The van der Waals surface area contributed by atoms with Crippen molar-refractivity contribution in [3.05, 3.63) is 0 Å². The monoisotopic (exact) mass is 304 g/mol. The molecule has 2 amide bonds. The lowest BCUT2D eigenvalue weighted by molar-refractivity contribution is -0.141. The van der Waals surface area contributed by atoms with E-state index in [0.29, 0.717) is 12.3 Å². The van der Waals surface area contributed by atoms with Crippen LogP contribution in [0.25, 0.3) is 0 Å². The molecule has 2 atom stereocenters. The van der Waals surface area contributed by atoms with Crippen LogP contribution >= 0.6 is 11.8 Å². The van der Waals surface area contributed by atoms with Gasteiger partial charge >= 0.3 is 12.0 Å². The van der Waals surface area contributed by atoms with E-state index in [1.165, 1.54) is 16.7 Å². The van der Waals surface area contributed by atoms with E-state index in [9.17, 15) is 14.7 Å². The smallest absolute Gasteiger partial charge is 0.327 e. The fourth-order valence-corrected chi connectivity index (χ4v) is 3.60. The van der Waals surface area contributed by atoms with Crippen molar-refractivity contribution in [3.8, 4) is 0 Å². The summed E-state index contributed by atoms with van der Waals surface area (Å²) in [6.45, 7) is 2.71. The largest absolute Gasteiger partial charge is 0.480 e. The Balaban J connectivity index is 2.59. The van der Waals surface area contributed by atoms with Crippen molar-refractivity contribution in [2.24, 2.45) is 0 Å². The van der Waals surface area contributed by atoms with Crippen molar-refractivity contribution in [3.63, 3.8) is 0 Å².